The fourth-order valence-corrected chi connectivity index (χ4v) is 3.50. The zero-order chi connectivity index (χ0) is 15.2. The minimum Gasteiger partial charge on any atom is -0.319 e. The van der Waals surface area contributed by atoms with Crippen LogP contribution in [0.15, 0.2) is 54.6 Å². The molecule has 1 aliphatic heterocycles. The van der Waals surface area contributed by atoms with Crippen LogP contribution in [0.1, 0.15) is 23.1 Å². The van der Waals surface area contributed by atoms with E-state index in [-0.39, 0.29) is 11.9 Å². The molecule has 1 heterocycles. The molecule has 4 nitrogen and oxygen atoms in total. The first-order chi connectivity index (χ1) is 10.7. The molecule has 4 rings (SSSR count). The van der Waals surface area contributed by atoms with Crippen molar-refractivity contribution in [3.63, 3.8) is 0 Å². The summed E-state index contributed by atoms with van der Waals surface area (Å²) in [5, 5.41) is 2.94. The van der Waals surface area contributed by atoms with E-state index in [0.717, 1.165) is 23.1 Å². The van der Waals surface area contributed by atoms with Crippen molar-refractivity contribution in [1.82, 2.24) is 10.2 Å². The molecule has 110 valence electrons. The molecule has 1 fully saturated rings. The zero-order valence-corrected chi connectivity index (χ0v) is 12.1. The van der Waals surface area contributed by atoms with Gasteiger partial charge in [-0.15, -0.1) is 0 Å². The van der Waals surface area contributed by atoms with Gasteiger partial charge in [0.25, 0.3) is 5.91 Å². The summed E-state index contributed by atoms with van der Waals surface area (Å²) in [4.78, 5) is 26.6. The average molecular weight is 292 g/mol. The molecule has 2 aliphatic rings. The number of urea groups is 1. The van der Waals surface area contributed by atoms with Gasteiger partial charge in [0, 0.05) is 0 Å². The number of aryl methyl sites for hydroxylation is 1. The van der Waals surface area contributed by atoms with Crippen molar-refractivity contribution < 1.29 is 9.59 Å². The van der Waals surface area contributed by atoms with Crippen molar-refractivity contribution in [2.45, 2.75) is 24.9 Å². The van der Waals surface area contributed by atoms with Crippen LogP contribution in [0, 0.1) is 0 Å². The monoisotopic (exact) mass is 292 g/mol. The highest BCUT2D eigenvalue weighted by Crippen LogP contribution is 2.41. The van der Waals surface area contributed by atoms with Gasteiger partial charge in [0.05, 0.1) is 6.54 Å². The lowest BCUT2D eigenvalue weighted by molar-refractivity contribution is -0.132. The number of imide groups is 1. The van der Waals surface area contributed by atoms with E-state index in [0.29, 0.717) is 13.0 Å². The Bertz CT molecular complexity index is 757. The van der Waals surface area contributed by atoms with Crippen molar-refractivity contribution in [2.24, 2.45) is 0 Å². The quantitative estimate of drug-likeness (QED) is 0.865. The lowest BCUT2D eigenvalue weighted by Gasteiger charge is -2.22. The maximum atomic E-state index is 12.9. The van der Waals surface area contributed by atoms with Gasteiger partial charge in [0.2, 0.25) is 0 Å². The predicted molar refractivity (Wildman–Crippen MR) is 82.0 cm³/mol. The number of hydrogen-bond acceptors (Lipinski definition) is 2. The zero-order valence-electron chi connectivity index (χ0n) is 12.1. The number of hydrogen-bond donors (Lipinski definition) is 1. The van der Waals surface area contributed by atoms with Gasteiger partial charge in [-0.25, -0.2) is 4.79 Å². The number of benzene rings is 2. The van der Waals surface area contributed by atoms with Crippen LogP contribution in [0.5, 0.6) is 0 Å². The Balaban J connectivity index is 1.69. The van der Waals surface area contributed by atoms with E-state index in [1.54, 1.807) is 0 Å². The summed E-state index contributed by atoms with van der Waals surface area (Å²) in [7, 11) is 0. The Morgan fingerprint density at radius 3 is 2.55 bits per heavy atom. The molecule has 0 saturated carbocycles. The van der Waals surface area contributed by atoms with Crippen LogP contribution in [0.25, 0.3) is 0 Å². The SMILES string of the molecule is O=C1N[C@@]2(CCc3ccccc32)C(=O)N1Cc1ccccc1. The van der Waals surface area contributed by atoms with E-state index in [1.807, 2.05) is 54.6 Å². The van der Waals surface area contributed by atoms with Crippen molar-refractivity contribution in [2.75, 3.05) is 0 Å². The summed E-state index contributed by atoms with van der Waals surface area (Å²) in [6.07, 6.45) is 1.46. The molecule has 22 heavy (non-hydrogen) atoms. The fraction of sp³-hybridized carbons (Fsp3) is 0.222. The highest BCUT2D eigenvalue weighted by molar-refractivity contribution is 6.08. The molecule has 0 unspecified atom stereocenters. The largest absolute Gasteiger partial charge is 0.325 e. The van der Waals surface area contributed by atoms with E-state index in [4.69, 9.17) is 0 Å². The molecule has 4 heteroatoms. The normalized spacial score (nSPS) is 23.0. The van der Waals surface area contributed by atoms with Gasteiger partial charge < -0.3 is 5.32 Å². The predicted octanol–water partition coefficient (Wildman–Crippen LogP) is 2.58. The van der Waals surface area contributed by atoms with Crippen LogP contribution >= 0.6 is 0 Å². The van der Waals surface area contributed by atoms with Gasteiger partial charge in [-0.3, -0.25) is 9.69 Å². The van der Waals surface area contributed by atoms with Crippen molar-refractivity contribution in [3.8, 4) is 0 Å². The molecular formula is C18H16N2O2. The third kappa shape index (κ3) is 1.77. The van der Waals surface area contributed by atoms with E-state index in [2.05, 4.69) is 5.32 Å². The van der Waals surface area contributed by atoms with Crippen molar-refractivity contribution in [3.05, 3.63) is 71.3 Å². The standard InChI is InChI=1S/C18H16N2O2/c21-16-18(11-10-14-8-4-5-9-15(14)18)19-17(22)20(16)12-13-6-2-1-3-7-13/h1-9H,10-12H2,(H,19,22)/t18-/m1/s1. The second kappa shape index (κ2) is 4.70. The van der Waals surface area contributed by atoms with Crippen molar-refractivity contribution >= 4 is 11.9 Å². The van der Waals surface area contributed by atoms with Crippen LogP contribution in [0.4, 0.5) is 4.79 Å². The number of carbonyl (C=O) groups is 2. The number of rotatable bonds is 2. The lowest BCUT2D eigenvalue weighted by Crippen LogP contribution is -2.41. The maximum Gasteiger partial charge on any atom is 0.325 e. The van der Waals surface area contributed by atoms with Crippen LogP contribution in [0.2, 0.25) is 0 Å². The number of fused-ring (bicyclic) bond motifs is 2. The second-order valence-corrected chi connectivity index (χ2v) is 5.87. The van der Waals surface area contributed by atoms with E-state index < -0.39 is 5.54 Å². The molecule has 3 amide bonds. The molecule has 0 bridgehead atoms. The van der Waals surface area contributed by atoms with Crippen LogP contribution < -0.4 is 5.32 Å². The summed E-state index contributed by atoms with van der Waals surface area (Å²) < 4.78 is 0. The van der Waals surface area contributed by atoms with Gasteiger partial charge in [-0.2, -0.15) is 0 Å². The van der Waals surface area contributed by atoms with Gasteiger partial charge in [-0.1, -0.05) is 54.6 Å². The first-order valence-corrected chi connectivity index (χ1v) is 7.47. The Labute approximate surface area is 128 Å². The number of nitrogens with one attached hydrogen (secondary N) is 1. The smallest absolute Gasteiger partial charge is 0.319 e. The maximum absolute atomic E-state index is 12.9. The van der Waals surface area contributed by atoms with Crippen LogP contribution in [-0.2, 0) is 23.3 Å². The molecule has 0 radical (unpaired) electrons. The van der Waals surface area contributed by atoms with E-state index >= 15 is 0 Å². The number of nitrogens with zero attached hydrogens (tertiary/aromatic N) is 1. The number of carbonyl (C=O) groups excluding carboxylic acids is 2. The molecule has 1 N–H and O–H groups in total. The molecule has 1 atom stereocenters. The Kier molecular flexibility index (Phi) is 2.79. The first-order valence-electron chi connectivity index (χ1n) is 7.47. The third-order valence-corrected chi connectivity index (χ3v) is 4.61. The Hall–Kier alpha value is -2.62. The Morgan fingerprint density at radius 2 is 1.73 bits per heavy atom. The van der Waals surface area contributed by atoms with Crippen LogP contribution in [0.3, 0.4) is 0 Å². The summed E-state index contributed by atoms with van der Waals surface area (Å²) in [5.74, 6) is -0.133. The lowest BCUT2D eigenvalue weighted by atomic mass is 9.92. The Morgan fingerprint density at radius 1 is 1.00 bits per heavy atom. The van der Waals surface area contributed by atoms with Crippen molar-refractivity contribution in [1.29, 1.82) is 0 Å². The molecule has 2 aromatic carbocycles. The summed E-state index contributed by atoms with van der Waals surface area (Å²) >= 11 is 0. The first kappa shape index (κ1) is 13.1. The summed E-state index contributed by atoms with van der Waals surface area (Å²) in [6.45, 7) is 0.315. The summed E-state index contributed by atoms with van der Waals surface area (Å²) in [5.41, 5.74) is 2.19. The van der Waals surface area contributed by atoms with Gasteiger partial charge >= 0.3 is 6.03 Å². The fourth-order valence-electron chi connectivity index (χ4n) is 3.50. The van der Waals surface area contributed by atoms with E-state index in [1.165, 1.54) is 4.90 Å². The molecule has 0 aromatic heterocycles. The molecule has 1 saturated heterocycles. The molecule has 1 spiro atoms. The summed E-state index contributed by atoms with van der Waals surface area (Å²) in [6, 6.07) is 17.2. The van der Waals surface area contributed by atoms with Gasteiger partial charge in [0.1, 0.15) is 5.54 Å². The average Bonchev–Trinajstić information content (AvgIpc) is 3.03. The second-order valence-electron chi connectivity index (χ2n) is 5.87. The number of amides is 3. The van der Waals surface area contributed by atoms with Gasteiger partial charge in [0.15, 0.2) is 0 Å². The minimum atomic E-state index is -0.859. The minimum absolute atomic E-state index is 0.133. The molecule has 2 aromatic rings. The van der Waals surface area contributed by atoms with Crippen LogP contribution in [-0.4, -0.2) is 16.8 Å². The third-order valence-electron chi connectivity index (χ3n) is 4.61. The molecular weight excluding hydrogens is 276 g/mol. The highest BCUT2D eigenvalue weighted by Gasteiger charge is 2.55. The van der Waals surface area contributed by atoms with Gasteiger partial charge in [-0.05, 0) is 29.5 Å². The molecule has 1 aliphatic carbocycles. The highest BCUT2D eigenvalue weighted by atomic mass is 16.2. The van der Waals surface area contributed by atoms with E-state index in [9.17, 15) is 9.59 Å². The topological polar surface area (TPSA) is 49.4 Å².